The van der Waals surface area contributed by atoms with Gasteiger partial charge >= 0.3 is 0 Å². The van der Waals surface area contributed by atoms with E-state index in [0.717, 1.165) is 0 Å². The van der Waals surface area contributed by atoms with Crippen LogP contribution < -0.4 is 0 Å². The van der Waals surface area contributed by atoms with E-state index in [0.29, 0.717) is 16.4 Å². The van der Waals surface area contributed by atoms with E-state index in [1.165, 1.54) is 16.8 Å². The minimum Gasteiger partial charge on any atom is -0.207 e. The summed E-state index contributed by atoms with van der Waals surface area (Å²) in [6.07, 6.45) is 0. The zero-order valence-electron chi connectivity index (χ0n) is 7.22. The van der Waals surface area contributed by atoms with E-state index in [1.807, 2.05) is 0 Å². The quantitative estimate of drug-likeness (QED) is 0.579. The fraction of sp³-hybridized carbons (Fsp3) is 0. The van der Waals surface area contributed by atoms with Crippen molar-refractivity contribution in [1.29, 1.82) is 0 Å². The number of rotatable bonds is 0. The molecule has 7 heteroatoms. The van der Waals surface area contributed by atoms with E-state index in [2.05, 4.69) is 20.6 Å². The SMILES string of the molecule is Fc1ccc2c(Cl)nn3nnnc3c2c1. The highest BCUT2D eigenvalue weighted by atomic mass is 35.5. The van der Waals surface area contributed by atoms with Crippen LogP contribution in [0.2, 0.25) is 5.15 Å². The second-order valence-electron chi connectivity index (χ2n) is 2.97. The zero-order valence-corrected chi connectivity index (χ0v) is 7.98. The molecule has 0 unspecified atom stereocenters. The number of hydrogen-bond donors (Lipinski definition) is 0. The van der Waals surface area contributed by atoms with Gasteiger partial charge in [-0.25, -0.2) is 4.39 Å². The Morgan fingerprint density at radius 1 is 1.27 bits per heavy atom. The van der Waals surface area contributed by atoms with Gasteiger partial charge in [-0.2, -0.15) is 0 Å². The predicted octanol–water partition coefficient (Wildman–Crippen LogP) is 1.46. The smallest absolute Gasteiger partial charge is 0.207 e. The summed E-state index contributed by atoms with van der Waals surface area (Å²) >= 11 is 5.90. The molecule has 0 aliphatic carbocycles. The topological polar surface area (TPSA) is 56.0 Å². The summed E-state index contributed by atoms with van der Waals surface area (Å²) in [6.45, 7) is 0. The van der Waals surface area contributed by atoms with Crippen LogP contribution in [0.5, 0.6) is 0 Å². The number of halogens is 2. The van der Waals surface area contributed by atoms with E-state index < -0.39 is 0 Å². The molecule has 1 aromatic carbocycles. The fourth-order valence-electron chi connectivity index (χ4n) is 1.43. The van der Waals surface area contributed by atoms with Gasteiger partial charge in [0.25, 0.3) is 0 Å². The van der Waals surface area contributed by atoms with Crippen LogP contribution in [0.15, 0.2) is 18.2 Å². The Hall–Kier alpha value is -1.82. The van der Waals surface area contributed by atoms with Gasteiger partial charge < -0.3 is 0 Å². The van der Waals surface area contributed by atoms with E-state index in [1.54, 1.807) is 6.07 Å². The normalized spacial score (nSPS) is 11.3. The van der Waals surface area contributed by atoms with Crippen molar-refractivity contribution in [2.75, 3.05) is 0 Å². The molecule has 0 radical (unpaired) electrons. The molecule has 5 nitrogen and oxygen atoms in total. The molecule has 74 valence electrons. The average molecular weight is 224 g/mol. The number of tetrazole rings is 1. The molecule has 0 spiro atoms. The standard InChI is InChI=1S/C8H3ClFN5/c9-7-5-2-1-4(10)3-6(5)8-11-13-14-15(8)12-7/h1-3H. The van der Waals surface area contributed by atoms with E-state index in [-0.39, 0.29) is 11.0 Å². The van der Waals surface area contributed by atoms with Crippen molar-refractivity contribution in [3.05, 3.63) is 29.2 Å². The minimum absolute atomic E-state index is 0.241. The minimum atomic E-state index is -0.366. The Morgan fingerprint density at radius 2 is 2.13 bits per heavy atom. The van der Waals surface area contributed by atoms with Crippen LogP contribution in [0.1, 0.15) is 0 Å². The number of hydrogen-bond acceptors (Lipinski definition) is 4. The molecule has 0 saturated carbocycles. The molecular formula is C8H3ClFN5. The maximum atomic E-state index is 13.1. The summed E-state index contributed by atoms with van der Waals surface area (Å²) < 4.78 is 14.2. The Labute approximate surface area is 87.5 Å². The van der Waals surface area contributed by atoms with Crippen molar-refractivity contribution in [2.24, 2.45) is 0 Å². The molecule has 0 saturated heterocycles. The fourth-order valence-corrected chi connectivity index (χ4v) is 1.67. The Morgan fingerprint density at radius 3 is 3.00 bits per heavy atom. The Kier molecular flexibility index (Phi) is 1.60. The monoisotopic (exact) mass is 223 g/mol. The molecule has 0 N–H and O–H groups in total. The number of nitrogens with zero attached hydrogens (tertiary/aromatic N) is 5. The van der Waals surface area contributed by atoms with Gasteiger partial charge in [-0.3, -0.25) is 0 Å². The number of fused-ring (bicyclic) bond motifs is 3. The van der Waals surface area contributed by atoms with Crippen molar-refractivity contribution in [2.45, 2.75) is 0 Å². The lowest BCUT2D eigenvalue weighted by molar-refractivity contribution is 0.629. The van der Waals surface area contributed by atoms with Gasteiger partial charge in [0.05, 0.1) is 0 Å². The van der Waals surface area contributed by atoms with Crippen LogP contribution in [-0.2, 0) is 0 Å². The number of benzene rings is 1. The van der Waals surface area contributed by atoms with Crippen LogP contribution in [0.3, 0.4) is 0 Å². The first-order chi connectivity index (χ1) is 7.25. The molecule has 3 aromatic rings. The second-order valence-corrected chi connectivity index (χ2v) is 3.33. The lowest BCUT2D eigenvalue weighted by Crippen LogP contribution is -1.96. The summed E-state index contributed by atoms with van der Waals surface area (Å²) in [4.78, 5) is 0. The first-order valence-corrected chi connectivity index (χ1v) is 4.46. The van der Waals surface area contributed by atoms with Gasteiger partial charge in [-0.15, -0.1) is 14.8 Å². The average Bonchev–Trinajstić information content (AvgIpc) is 2.65. The molecule has 0 aliphatic rings. The van der Waals surface area contributed by atoms with Crippen molar-refractivity contribution in [1.82, 2.24) is 25.3 Å². The third-order valence-corrected chi connectivity index (χ3v) is 2.36. The van der Waals surface area contributed by atoms with Crippen LogP contribution >= 0.6 is 11.6 Å². The Bertz CT molecular complexity index is 664. The van der Waals surface area contributed by atoms with Gasteiger partial charge in [-0.1, -0.05) is 11.6 Å². The van der Waals surface area contributed by atoms with Gasteiger partial charge in [0, 0.05) is 10.8 Å². The molecule has 0 amide bonds. The highest BCUT2D eigenvalue weighted by Crippen LogP contribution is 2.24. The molecule has 0 fully saturated rings. The third kappa shape index (κ3) is 1.15. The van der Waals surface area contributed by atoms with E-state index in [4.69, 9.17) is 11.6 Å². The highest BCUT2D eigenvalue weighted by molar-refractivity contribution is 6.34. The number of aromatic nitrogens is 5. The Balaban J connectivity index is 2.63. The molecule has 0 atom stereocenters. The second kappa shape index (κ2) is 2.83. The predicted molar refractivity (Wildman–Crippen MR) is 51.1 cm³/mol. The largest absolute Gasteiger partial charge is 0.207 e. The van der Waals surface area contributed by atoms with Gasteiger partial charge in [0.15, 0.2) is 5.15 Å². The van der Waals surface area contributed by atoms with E-state index in [9.17, 15) is 4.39 Å². The molecular weight excluding hydrogens is 221 g/mol. The lowest BCUT2D eigenvalue weighted by atomic mass is 10.2. The van der Waals surface area contributed by atoms with Crippen LogP contribution in [-0.4, -0.2) is 25.3 Å². The summed E-state index contributed by atoms with van der Waals surface area (Å²) in [7, 11) is 0. The summed E-state index contributed by atoms with van der Waals surface area (Å²) in [5.74, 6) is -0.366. The third-order valence-electron chi connectivity index (χ3n) is 2.08. The molecule has 3 rings (SSSR count). The first-order valence-electron chi connectivity index (χ1n) is 4.09. The van der Waals surface area contributed by atoms with Crippen LogP contribution in [0.4, 0.5) is 4.39 Å². The van der Waals surface area contributed by atoms with Gasteiger partial charge in [0.1, 0.15) is 5.82 Å². The maximum absolute atomic E-state index is 13.1. The maximum Gasteiger partial charge on any atom is 0.207 e. The van der Waals surface area contributed by atoms with Crippen molar-refractivity contribution in [3.63, 3.8) is 0 Å². The van der Waals surface area contributed by atoms with Gasteiger partial charge in [0.2, 0.25) is 5.65 Å². The zero-order chi connectivity index (χ0) is 10.4. The van der Waals surface area contributed by atoms with Crippen molar-refractivity contribution in [3.8, 4) is 0 Å². The first kappa shape index (κ1) is 8.49. The molecule has 2 heterocycles. The van der Waals surface area contributed by atoms with Crippen molar-refractivity contribution < 1.29 is 4.39 Å². The highest BCUT2D eigenvalue weighted by Gasteiger charge is 2.09. The van der Waals surface area contributed by atoms with Crippen LogP contribution in [0.25, 0.3) is 16.4 Å². The lowest BCUT2D eigenvalue weighted by Gasteiger charge is -1.99. The summed E-state index contributed by atoms with van der Waals surface area (Å²) in [5.41, 5.74) is 0.383. The molecule has 2 aromatic heterocycles. The summed E-state index contributed by atoms with van der Waals surface area (Å²) in [6, 6.07) is 4.19. The molecule has 0 aliphatic heterocycles. The van der Waals surface area contributed by atoms with Gasteiger partial charge in [-0.05, 0) is 28.6 Å². The molecule has 0 bridgehead atoms. The summed E-state index contributed by atoms with van der Waals surface area (Å²) in [5, 5.41) is 16.1. The van der Waals surface area contributed by atoms with E-state index >= 15 is 0 Å². The van der Waals surface area contributed by atoms with Crippen molar-refractivity contribution >= 4 is 28.0 Å². The van der Waals surface area contributed by atoms with Crippen LogP contribution in [0, 0.1) is 5.82 Å². The molecule has 15 heavy (non-hydrogen) atoms.